The van der Waals surface area contributed by atoms with E-state index < -0.39 is 0 Å². The van der Waals surface area contributed by atoms with Gasteiger partial charge in [0.1, 0.15) is 11.5 Å². The largest absolute Gasteiger partial charge is 0.497 e. The van der Waals surface area contributed by atoms with Gasteiger partial charge < -0.3 is 24.4 Å². The highest BCUT2D eigenvalue weighted by molar-refractivity contribution is 14.0. The average molecular weight is 562 g/mol. The Kier molecular flexibility index (Phi) is 14.1. The number of methoxy groups -OCH3 is 3. The molecule has 9 heteroatoms. The van der Waals surface area contributed by atoms with Gasteiger partial charge in [0.15, 0.2) is 5.96 Å². The number of hydrogen-bond donors (Lipinski definition) is 1. The molecule has 1 aliphatic heterocycles. The number of guanidine groups is 1. The van der Waals surface area contributed by atoms with E-state index in [-0.39, 0.29) is 29.9 Å². The highest BCUT2D eigenvalue weighted by Gasteiger charge is 2.20. The number of nitrogens with zero attached hydrogens (tertiary/aromatic N) is 3. The summed E-state index contributed by atoms with van der Waals surface area (Å²) in [7, 11) is 6.67. The van der Waals surface area contributed by atoms with Crippen molar-refractivity contribution in [3.05, 3.63) is 23.8 Å². The quantitative estimate of drug-likeness (QED) is 0.146. The van der Waals surface area contributed by atoms with Crippen LogP contribution in [-0.4, -0.2) is 82.8 Å². The molecule has 182 valence electrons. The summed E-state index contributed by atoms with van der Waals surface area (Å²) >= 11 is 0. The molecule has 0 aromatic heterocycles. The van der Waals surface area contributed by atoms with E-state index in [4.69, 9.17) is 9.47 Å². The van der Waals surface area contributed by atoms with Crippen LogP contribution in [0.3, 0.4) is 0 Å². The molecule has 1 aromatic carbocycles. The zero-order chi connectivity index (χ0) is 22.5. The summed E-state index contributed by atoms with van der Waals surface area (Å²) in [5.74, 6) is 2.59. The van der Waals surface area contributed by atoms with Crippen LogP contribution in [0.2, 0.25) is 0 Å². The Balaban J connectivity index is 0.00000512. The lowest BCUT2D eigenvalue weighted by atomic mass is 10.1. The van der Waals surface area contributed by atoms with E-state index in [1.807, 2.05) is 19.2 Å². The number of nitrogens with one attached hydrogen (secondary N) is 1. The smallest absolute Gasteiger partial charge is 0.305 e. The summed E-state index contributed by atoms with van der Waals surface area (Å²) in [5, 5.41) is 3.48. The molecule has 0 bridgehead atoms. The van der Waals surface area contributed by atoms with E-state index in [2.05, 4.69) is 30.9 Å². The van der Waals surface area contributed by atoms with Crippen molar-refractivity contribution in [2.45, 2.75) is 38.6 Å². The van der Waals surface area contributed by atoms with Gasteiger partial charge in [0.2, 0.25) is 0 Å². The first-order chi connectivity index (χ1) is 15.1. The molecular weight excluding hydrogens is 523 g/mol. The third kappa shape index (κ3) is 9.40. The van der Waals surface area contributed by atoms with Gasteiger partial charge in [0.05, 0.1) is 21.3 Å². The van der Waals surface area contributed by atoms with Gasteiger partial charge in [0.25, 0.3) is 0 Å². The number of unbranched alkanes of at least 4 members (excludes halogenated alkanes) is 3. The van der Waals surface area contributed by atoms with E-state index >= 15 is 0 Å². The minimum Gasteiger partial charge on any atom is -0.497 e. The molecule has 0 spiro atoms. The van der Waals surface area contributed by atoms with Crippen molar-refractivity contribution in [3.63, 3.8) is 0 Å². The lowest BCUT2D eigenvalue weighted by Crippen LogP contribution is -2.52. The maximum Gasteiger partial charge on any atom is 0.305 e. The van der Waals surface area contributed by atoms with Crippen molar-refractivity contribution in [1.82, 2.24) is 15.1 Å². The van der Waals surface area contributed by atoms with Crippen LogP contribution in [0.25, 0.3) is 0 Å². The Labute approximate surface area is 209 Å². The molecule has 1 fully saturated rings. The maximum absolute atomic E-state index is 11.1. The number of carbonyl (C=O) groups excluding carboxylic acids is 1. The van der Waals surface area contributed by atoms with Crippen LogP contribution < -0.4 is 14.8 Å². The molecule has 1 aromatic rings. The summed E-state index contributed by atoms with van der Waals surface area (Å²) < 4.78 is 15.5. The Bertz CT molecular complexity index is 709. The van der Waals surface area contributed by atoms with Gasteiger partial charge in [-0.3, -0.25) is 14.7 Å². The van der Waals surface area contributed by atoms with Crippen molar-refractivity contribution in [2.75, 3.05) is 61.1 Å². The molecule has 0 amide bonds. The van der Waals surface area contributed by atoms with E-state index in [0.717, 1.165) is 88.0 Å². The van der Waals surface area contributed by atoms with E-state index in [1.165, 1.54) is 7.11 Å². The molecule has 8 nitrogen and oxygen atoms in total. The number of hydrogen-bond acceptors (Lipinski definition) is 6. The van der Waals surface area contributed by atoms with E-state index in [0.29, 0.717) is 6.42 Å². The Morgan fingerprint density at radius 2 is 1.75 bits per heavy atom. The van der Waals surface area contributed by atoms with Gasteiger partial charge in [-0.25, -0.2) is 0 Å². The fraction of sp³-hybridized carbons (Fsp3) is 0.652. The predicted molar refractivity (Wildman–Crippen MR) is 138 cm³/mol. The average Bonchev–Trinajstić information content (AvgIpc) is 2.81. The van der Waals surface area contributed by atoms with Gasteiger partial charge in [-0.1, -0.05) is 12.8 Å². The first kappa shape index (κ1) is 28.3. The van der Waals surface area contributed by atoms with Crippen LogP contribution in [0.4, 0.5) is 0 Å². The number of aliphatic imine (C=N–C) groups is 1. The van der Waals surface area contributed by atoms with Crippen molar-refractivity contribution >= 4 is 35.9 Å². The van der Waals surface area contributed by atoms with Crippen LogP contribution in [-0.2, 0) is 16.1 Å². The standard InChI is InChI=1S/C23H38N4O4.HI/c1-24-23(25-12-8-6-5-7-9-22(28)31-4)27-15-13-26(14-16-27)18-19-17-20(29-2)10-11-21(19)30-3;/h10-11,17H,5-9,12-16,18H2,1-4H3,(H,24,25);1H. The van der Waals surface area contributed by atoms with Crippen molar-refractivity contribution in [2.24, 2.45) is 4.99 Å². The fourth-order valence-corrected chi connectivity index (χ4v) is 3.75. The van der Waals surface area contributed by atoms with Gasteiger partial charge in [-0.15, -0.1) is 24.0 Å². The third-order valence-electron chi connectivity index (χ3n) is 5.58. The first-order valence-corrected chi connectivity index (χ1v) is 11.1. The van der Waals surface area contributed by atoms with Crippen LogP contribution in [0.15, 0.2) is 23.2 Å². The Hall–Kier alpha value is -1.75. The molecule has 0 saturated carbocycles. The van der Waals surface area contributed by atoms with Crippen molar-refractivity contribution in [3.8, 4) is 11.5 Å². The summed E-state index contributed by atoms with van der Waals surface area (Å²) in [6.07, 6.45) is 4.60. The number of carbonyl (C=O) groups is 1. The molecule has 0 aliphatic carbocycles. The monoisotopic (exact) mass is 562 g/mol. The summed E-state index contributed by atoms with van der Waals surface area (Å²) in [4.78, 5) is 20.3. The normalized spacial score (nSPS) is 14.5. The highest BCUT2D eigenvalue weighted by atomic mass is 127. The number of rotatable bonds is 11. The number of halogens is 1. The SMILES string of the molecule is CN=C(NCCCCCCC(=O)OC)N1CCN(Cc2cc(OC)ccc2OC)CC1.I. The van der Waals surface area contributed by atoms with Gasteiger partial charge in [-0.05, 0) is 31.0 Å². The molecule has 0 radical (unpaired) electrons. The Morgan fingerprint density at radius 3 is 2.38 bits per heavy atom. The second-order valence-electron chi connectivity index (χ2n) is 7.66. The molecule has 1 N–H and O–H groups in total. The highest BCUT2D eigenvalue weighted by Crippen LogP contribution is 2.25. The van der Waals surface area contributed by atoms with Crippen LogP contribution in [0.1, 0.15) is 37.7 Å². The zero-order valence-corrected chi connectivity index (χ0v) is 22.2. The second-order valence-corrected chi connectivity index (χ2v) is 7.66. The number of piperazine rings is 1. The maximum atomic E-state index is 11.1. The number of esters is 1. The van der Waals surface area contributed by atoms with E-state index in [1.54, 1.807) is 14.2 Å². The molecule has 1 heterocycles. The minimum absolute atomic E-state index is 0. The lowest BCUT2D eigenvalue weighted by Gasteiger charge is -2.36. The van der Waals surface area contributed by atoms with Crippen molar-refractivity contribution in [1.29, 1.82) is 0 Å². The van der Waals surface area contributed by atoms with Crippen LogP contribution in [0, 0.1) is 0 Å². The van der Waals surface area contributed by atoms with Gasteiger partial charge in [0, 0.05) is 58.3 Å². The first-order valence-electron chi connectivity index (χ1n) is 11.1. The molecule has 32 heavy (non-hydrogen) atoms. The van der Waals surface area contributed by atoms with Gasteiger partial charge >= 0.3 is 5.97 Å². The molecule has 0 unspecified atom stereocenters. The third-order valence-corrected chi connectivity index (χ3v) is 5.58. The molecule has 1 aliphatic rings. The number of ether oxygens (including phenoxy) is 3. The van der Waals surface area contributed by atoms with Gasteiger partial charge in [-0.2, -0.15) is 0 Å². The number of benzene rings is 1. The van der Waals surface area contributed by atoms with Crippen LogP contribution in [0.5, 0.6) is 11.5 Å². The fourth-order valence-electron chi connectivity index (χ4n) is 3.75. The molecule has 0 atom stereocenters. The Morgan fingerprint density at radius 1 is 1.03 bits per heavy atom. The topological polar surface area (TPSA) is 75.6 Å². The minimum atomic E-state index is -0.123. The molecular formula is C23H39IN4O4. The summed E-state index contributed by atoms with van der Waals surface area (Å²) in [6.45, 7) is 5.54. The predicted octanol–water partition coefficient (Wildman–Crippen LogP) is 3.14. The van der Waals surface area contributed by atoms with Crippen molar-refractivity contribution < 1.29 is 19.0 Å². The van der Waals surface area contributed by atoms with Crippen LogP contribution >= 0.6 is 24.0 Å². The molecule has 1 saturated heterocycles. The van der Waals surface area contributed by atoms with E-state index in [9.17, 15) is 4.79 Å². The molecule has 2 rings (SSSR count). The lowest BCUT2D eigenvalue weighted by molar-refractivity contribution is -0.140. The summed E-state index contributed by atoms with van der Waals surface area (Å²) in [6, 6.07) is 5.94. The summed E-state index contributed by atoms with van der Waals surface area (Å²) in [5.41, 5.74) is 1.14. The zero-order valence-electron chi connectivity index (χ0n) is 19.9. The second kappa shape index (κ2) is 16.0.